The van der Waals surface area contributed by atoms with E-state index in [0.717, 1.165) is 0 Å². The Morgan fingerprint density at radius 1 is 1.64 bits per heavy atom. The maximum atomic E-state index is 11.2. The molecule has 0 aromatic heterocycles. The quantitative estimate of drug-likeness (QED) is 0.400. The van der Waals surface area contributed by atoms with Crippen LogP contribution < -0.4 is 11.1 Å². The monoisotopic (exact) mass is 199 g/mol. The van der Waals surface area contributed by atoms with Crippen LogP contribution in [0, 0.1) is 5.92 Å². The predicted molar refractivity (Wildman–Crippen MR) is 44.9 cm³/mol. The summed E-state index contributed by atoms with van der Waals surface area (Å²) in [6.07, 6.45) is -0.321. The molecule has 0 aromatic carbocycles. The van der Waals surface area contributed by atoms with Crippen LogP contribution in [0.15, 0.2) is 4.99 Å². The summed E-state index contributed by atoms with van der Waals surface area (Å²) in [5.41, 5.74) is 5.12. The zero-order chi connectivity index (χ0) is 10.7. The Kier molecular flexibility index (Phi) is 2.80. The van der Waals surface area contributed by atoms with Gasteiger partial charge in [-0.1, -0.05) is 0 Å². The largest absolute Gasteiger partial charge is 0.469 e. The van der Waals surface area contributed by atoms with Crippen LogP contribution in [-0.2, 0) is 19.1 Å². The second-order valence-electron chi connectivity index (χ2n) is 2.66. The molecule has 2 amide bonds. The molecule has 0 saturated carbocycles. The van der Waals surface area contributed by atoms with E-state index < -0.39 is 23.7 Å². The SMILES string of the molecule is COC(=O)CC1C(=O)N=C(N)NC1=O. The first-order valence-electron chi connectivity index (χ1n) is 3.80. The number of nitrogens with one attached hydrogen (secondary N) is 1. The Labute approximate surface area is 79.3 Å². The summed E-state index contributed by atoms with van der Waals surface area (Å²) in [5.74, 6) is -3.38. The number of hydrogen-bond donors (Lipinski definition) is 2. The lowest BCUT2D eigenvalue weighted by atomic mass is 10.0. The van der Waals surface area contributed by atoms with Gasteiger partial charge in [-0.25, -0.2) is 0 Å². The van der Waals surface area contributed by atoms with Gasteiger partial charge < -0.3 is 10.5 Å². The Balaban J connectivity index is 2.74. The van der Waals surface area contributed by atoms with Crippen LogP contribution in [-0.4, -0.2) is 30.9 Å². The van der Waals surface area contributed by atoms with E-state index >= 15 is 0 Å². The highest BCUT2D eigenvalue weighted by atomic mass is 16.5. The Hall–Kier alpha value is -1.92. The molecule has 0 fully saturated rings. The molecule has 7 nitrogen and oxygen atoms in total. The topological polar surface area (TPSA) is 111 Å². The van der Waals surface area contributed by atoms with Crippen LogP contribution in [0.1, 0.15) is 6.42 Å². The van der Waals surface area contributed by atoms with Crippen molar-refractivity contribution in [3.05, 3.63) is 0 Å². The fourth-order valence-electron chi connectivity index (χ4n) is 0.980. The summed E-state index contributed by atoms with van der Waals surface area (Å²) in [7, 11) is 1.17. The number of hydrogen-bond acceptors (Lipinski definition) is 5. The summed E-state index contributed by atoms with van der Waals surface area (Å²) < 4.78 is 4.33. The number of amides is 2. The summed E-state index contributed by atoms with van der Waals surface area (Å²) in [5, 5.41) is 2.15. The fourth-order valence-corrected chi connectivity index (χ4v) is 0.980. The normalized spacial score (nSPS) is 21.2. The minimum absolute atomic E-state index is 0.249. The molecule has 14 heavy (non-hydrogen) atoms. The van der Waals surface area contributed by atoms with Gasteiger partial charge in [0, 0.05) is 0 Å². The molecule has 1 aliphatic heterocycles. The smallest absolute Gasteiger partial charge is 0.306 e. The van der Waals surface area contributed by atoms with E-state index in [0.29, 0.717) is 0 Å². The molecule has 76 valence electrons. The van der Waals surface area contributed by atoms with E-state index in [4.69, 9.17) is 5.73 Å². The average molecular weight is 199 g/mol. The number of guanidine groups is 1. The Morgan fingerprint density at radius 2 is 2.29 bits per heavy atom. The van der Waals surface area contributed by atoms with E-state index in [-0.39, 0.29) is 12.4 Å². The highest BCUT2D eigenvalue weighted by Gasteiger charge is 2.33. The highest BCUT2D eigenvalue weighted by molar-refractivity contribution is 6.15. The molecule has 3 N–H and O–H groups in total. The van der Waals surface area contributed by atoms with Gasteiger partial charge in [-0.05, 0) is 0 Å². The van der Waals surface area contributed by atoms with Gasteiger partial charge in [0.2, 0.25) is 11.9 Å². The molecule has 0 aliphatic carbocycles. The number of nitrogens with zero attached hydrogens (tertiary/aromatic N) is 1. The summed E-state index contributed by atoms with van der Waals surface area (Å²) in [6.45, 7) is 0. The number of methoxy groups -OCH3 is 1. The lowest BCUT2D eigenvalue weighted by Gasteiger charge is -2.16. The Bertz CT molecular complexity index is 323. The highest BCUT2D eigenvalue weighted by Crippen LogP contribution is 2.10. The second kappa shape index (κ2) is 3.86. The number of carbonyl (C=O) groups is 3. The maximum Gasteiger partial charge on any atom is 0.306 e. The number of rotatable bonds is 2. The minimum Gasteiger partial charge on any atom is -0.469 e. The van der Waals surface area contributed by atoms with Gasteiger partial charge in [0.1, 0.15) is 5.92 Å². The zero-order valence-electron chi connectivity index (χ0n) is 7.44. The van der Waals surface area contributed by atoms with Crippen molar-refractivity contribution in [2.45, 2.75) is 6.42 Å². The molecule has 1 rings (SSSR count). The molecule has 1 unspecified atom stereocenters. The van der Waals surface area contributed by atoms with Crippen molar-refractivity contribution in [2.24, 2.45) is 16.6 Å². The fraction of sp³-hybridized carbons (Fsp3) is 0.429. The molecule has 0 radical (unpaired) electrons. The summed E-state index contributed by atoms with van der Waals surface area (Å²) in [4.78, 5) is 36.4. The molecule has 7 heteroatoms. The Morgan fingerprint density at radius 3 is 2.79 bits per heavy atom. The maximum absolute atomic E-state index is 11.2. The minimum atomic E-state index is -1.13. The average Bonchev–Trinajstić information content (AvgIpc) is 2.10. The first-order valence-corrected chi connectivity index (χ1v) is 3.80. The van der Waals surface area contributed by atoms with Crippen LogP contribution in [0.5, 0.6) is 0 Å². The predicted octanol–water partition coefficient (Wildman–Crippen LogP) is -1.86. The summed E-state index contributed by atoms with van der Waals surface area (Å²) >= 11 is 0. The van der Waals surface area contributed by atoms with Gasteiger partial charge in [-0.15, -0.1) is 0 Å². The molecule has 1 aliphatic rings. The molecular weight excluding hydrogens is 190 g/mol. The van der Waals surface area contributed by atoms with Gasteiger partial charge in [0.25, 0.3) is 5.91 Å². The molecule has 0 bridgehead atoms. The molecule has 1 heterocycles. The van der Waals surface area contributed by atoms with E-state index in [1.54, 1.807) is 0 Å². The molecule has 0 aromatic rings. The molecular formula is C7H9N3O4. The number of esters is 1. The third kappa shape index (κ3) is 2.06. The zero-order valence-corrected chi connectivity index (χ0v) is 7.44. The van der Waals surface area contributed by atoms with E-state index in [1.165, 1.54) is 7.11 Å². The van der Waals surface area contributed by atoms with E-state index in [1.807, 2.05) is 0 Å². The lowest BCUT2D eigenvalue weighted by Crippen LogP contribution is -2.48. The van der Waals surface area contributed by atoms with Crippen molar-refractivity contribution < 1.29 is 19.1 Å². The molecule has 1 atom stereocenters. The van der Waals surface area contributed by atoms with Crippen molar-refractivity contribution in [3.8, 4) is 0 Å². The standard InChI is InChI=1S/C7H9N3O4/c1-14-4(11)2-3-5(12)9-7(8)10-6(3)13/h3H,2H2,1H3,(H3,8,9,10,12,13). The number of aliphatic imine (C=N–C) groups is 1. The van der Waals surface area contributed by atoms with Crippen LogP contribution in [0.25, 0.3) is 0 Å². The second-order valence-corrected chi connectivity index (χ2v) is 2.66. The first-order chi connectivity index (χ1) is 6.54. The van der Waals surface area contributed by atoms with Crippen LogP contribution in [0.4, 0.5) is 0 Å². The van der Waals surface area contributed by atoms with Gasteiger partial charge >= 0.3 is 5.97 Å². The van der Waals surface area contributed by atoms with Crippen molar-refractivity contribution in [1.29, 1.82) is 0 Å². The number of carbonyl (C=O) groups excluding carboxylic acids is 3. The van der Waals surface area contributed by atoms with E-state index in [2.05, 4.69) is 15.0 Å². The van der Waals surface area contributed by atoms with Gasteiger partial charge in [0.15, 0.2) is 0 Å². The van der Waals surface area contributed by atoms with Gasteiger partial charge in [-0.2, -0.15) is 4.99 Å². The third-order valence-electron chi connectivity index (χ3n) is 1.69. The van der Waals surface area contributed by atoms with Crippen molar-refractivity contribution in [2.75, 3.05) is 7.11 Å². The lowest BCUT2D eigenvalue weighted by molar-refractivity contribution is -0.147. The van der Waals surface area contributed by atoms with Crippen molar-refractivity contribution in [3.63, 3.8) is 0 Å². The van der Waals surface area contributed by atoms with Crippen LogP contribution >= 0.6 is 0 Å². The van der Waals surface area contributed by atoms with Crippen LogP contribution in [0.2, 0.25) is 0 Å². The summed E-state index contributed by atoms with van der Waals surface area (Å²) in [6, 6.07) is 0. The number of nitrogens with two attached hydrogens (primary N) is 1. The van der Waals surface area contributed by atoms with Crippen molar-refractivity contribution >= 4 is 23.7 Å². The molecule has 0 saturated heterocycles. The molecule has 0 spiro atoms. The van der Waals surface area contributed by atoms with Crippen molar-refractivity contribution in [1.82, 2.24) is 5.32 Å². The van der Waals surface area contributed by atoms with E-state index in [9.17, 15) is 14.4 Å². The third-order valence-corrected chi connectivity index (χ3v) is 1.69. The van der Waals surface area contributed by atoms with Gasteiger partial charge in [0.05, 0.1) is 13.5 Å². The first kappa shape index (κ1) is 10.2. The van der Waals surface area contributed by atoms with Gasteiger partial charge in [-0.3, -0.25) is 19.7 Å². The number of ether oxygens (including phenoxy) is 1. The van der Waals surface area contributed by atoms with Crippen LogP contribution in [0.3, 0.4) is 0 Å².